The largest absolute Gasteiger partial charge is 0.497 e. The van der Waals surface area contributed by atoms with Crippen LogP contribution >= 0.6 is 38.8 Å². The van der Waals surface area contributed by atoms with Crippen LogP contribution in [0.25, 0.3) is 0 Å². The Labute approximate surface area is 165 Å². The Morgan fingerprint density at radius 1 is 1.26 bits per heavy atom. The van der Waals surface area contributed by atoms with E-state index in [9.17, 15) is 14.0 Å². The highest BCUT2D eigenvalue weighted by atomic mass is 35.5. The van der Waals surface area contributed by atoms with Crippen LogP contribution in [0.2, 0.25) is 10.0 Å². The fraction of sp³-hybridized carbons (Fsp3) is 0.538. The van der Waals surface area contributed by atoms with Crippen molar-refractivity contribution in [3.63, 3.8) is 0 Å². The Morgan fingerprint density at radius 3 is 2.59 bits per heavy atom. The number of hydrogen-bond donors (Lipinski definition) is 3. The molecule has 0 spiro atoms. The van der Waals surface area contributed by atoms with Gasteiger partial charge in [-0.25, -0.2) is 9.13 Å². The Morgan fingerprint density at radius 2 is 1.96 bits per heavy atom. The maximum Gasteiger partial charge on any atom is 0.497 e. The summed E-state index contributed by atoms with van der Waals surface area (Å²) < 4.78 is 41.8. The van der Waals surface area contributed by atoms with E-state index in [1.165, 1.54) is 18.2 Å². The van der Waals surface area contributed by atoms with Crippen LogP contribution in [-0.4, -0.2) is 46.0 Å². The number of rotatable bonds is 9. The Bertz CT molecular complexity index is 760. The number of halogens is 2. The number of phosphoric acid groups is 2. The lowest BCUT2D eigenvalue weighted by atomic mass is 10.2. The third-order valence-electron chi connectivity index (χ3n) is 3.63. The van der Waals surface area contributed by atoms with Gasteiger partial charge in [0.05, 0.1) is 18.7 Å². The van der Waals surface area contributed by atoms with Gasteiger partial charge in [0.2, 0.25) is 0 Å². The molecule has 1 aromatic rings. The maximum absolute atomic E-state index is 11.7. The van der Waals surface area contributed by atoms with Gasteiger partial charge in [0.15, 0.2) is 11.5 Å². The normalized spacial score (nSPS) is 20.4. The summed E-state index contributed by atoms with van der Waals surface area (Å²) in [5.41, 5.74) is 0. The van der Waals surface area contributed by atoms with Crippen molar-refractivity contribution in [1.82, 2.24) is 5.06 Å². The summed E-state index contributed by atoms with van der Waals surface area (Å²) >= 11 is 12.0. The zero-order chi connectivity index (χ0) is 20.2. The molecular weight excluding hydrogens is 447 g/mol. The zero-order valence-electron chi connectivity index (χ0n) is 14.2. The van der Waals surface area contributed by atoms with Crippen molar-refractivity contribution < 1.29 is 42.2 Å². The van der Waals surface area contributed by atoms with Gasteiger partial charge in [-0.1, -0.05) is 23.2 Å². The van der Waals surface area contributed by atoms with E-state index >= 15 is 0 Å². The molecule has 1 aromatic carbocycles. The zero-order valence-corrected chi connectivity index (χ0v) is 17.5. The molecule has 1 heterocycles. The van der Waals surface area contributed by atoms with Gasteiger partial charge in [-0.3, -0.25) is 0 Å². The highest BCUT2D eigenvalue weighted by molar-refractivity contribution is 7.60. The van der Waals surface area contributed by atoms with E-state index in [-0.39, 0.29) is 12.6 Å². The molecule has 0 radical (unpaired) electrons. The lowest BCUT2D eigenvalue weighted by Gasteiger charge is -2.25. The molecule has 14 heteroatoms. The van der Waals surface area contributed by atoms with Gasteiger partial charge in [-0.05, 0) is 25.3 Å². The van der Waals surface area contributed by atoms with Gasteiger partial charge >= 0.3 is 15.6 Å². The Kier molecular flexibility index (Phi) is 7.98. The van der Waals surface area contributed by atoms with E-state index in [4.69, 9.17) is 47.1 Å². The SMILES string of the molecule is COc1c(Cl)cc(Cl)cc1OCCC1CCCN1OP(=O)(O)OP(=O)(O)O. The third kappa shape index (κ3) is 7.18. The van der Waals surface area contributed by atoms with Crippen LogP contribution in [0.4, 0.5) is 0 Å². The first-order chi connectivity index (χ1) is 12.5. The molecule has 2 unspecified atom stereocenters. The summed E-state index contributed by atoms with van der Waals surface area (Å²) in [5, 5.41) is 1.83. The van der Waals surface area contributed by atoms with E-state index in [0.717, 1.165) is 0 Å². The second-order valence-electron chi connectivity index (χ2n) is 5.62. The van der Waals surface area contributed by atoms with E-state index in [1.54, 1.807) is 6.07 Å². The number of methoxy groups -OCH3 is 1. The number of hydrogen-bond acceptors (Lipinski definition) is 7. The molecule has 0 aromatic heterocycles. The molecule has 154 valence electrons. The van der Waals surface area contributed by atoms with E-state index in [0.29, 0.717) is 47.4 Å². The summed E-state index contributed by atoms with van der Waals surface area (Å²) in [6.07, 6.45) is 1.68. The molecule has 0 saturated carbocycles. The number of hydroxylamine groups is 2. The Hall–Kier alpha value is -0.380. The lowest BCUT2D eigenvalue weighted by Crippen LogP contribution is -2.30. The van der Waals surface area contributed by atoms with Crippen molar-refractivity contribution in [1.29, 1.82) is 0 Å². The van der Waals surface area contributed by atoms with Gasteiger partial charge in [0, 0.05) is 23.7 Å². The van der Waals surface area contributed by atoms with Crippen LogP contribution in [0.5, 0.6) is 11.5 Å². The molecule has 10 nitrogen and oxygen atoms in total. The molecule has 2 rings (SSSR count). The highest BCUT2D eigenvalue weighted by Gasteiger charge is 2.38. The topological polar surface area (TPSA) is 135 Å². The van der Waals surface area contributed by atoms with E-state index in [1.807, 2.05) is 0 Å². The molecule has 1 fully saturated rings. The molecular formula is C13H19Cl2NO9P2. The highest BCUT2D eigenvalue weighted by Crippen LogP contribution is 2.58. The molecule has 1 aliphatic heterocycles. The maximum atomic E-state index is 11.7. The van der Waals surface area contributed by atoms with Crippen LogP contribution in [0.3, 0.4) is 0 Å². The predicted molar refractivity (Wildman–Crippen MR) is 96.9 cm³/mol. The molecule has 0 amide bonds. The summed E-state index contributed by atoms with van der Waals surface area (Å²) in [6.45, 7) is 0.485. The first-order valence-corrected chi connectivity index (χ1v) is 11.5. The van der Waals surface area contributed by atoms with Gasteiger partial charge in [-0.15, -0.1) is 0 Å². The van der Waals surface area contributed by atoms with Crippen LogP contribution in [0.1, 0.15) is 19.3 Å². The number of ether oxygens (including phenoxy) is 2. The predicted octanol–water partition coefficient (Wildman–Crippen LogP) is 3.38. The van der Waals surface area contributed by atoms with Crippen LogP contribution in [-0.2, 0) is 18.1 Å². The summed E-state index contributed by atoms with van der Waals surface area (Å²) in [4.78, 5) is 26.8. The van der Waals surface area contributed by atoms with Crippen LogP contribution in [0, 0.1) is 0 Å². The molecule has 2 atom stereocenters. The van der Waals surface area contributed by atoms with Gasteiger partial charge < -0.3 is 24.2 Å². The van der Waals surface area contributed by atoms with Gasteiger partial charge in [-0.2, -0.15) is 14.0 Å². The summed E-state index contributed by atoms with van der Waals surface area (Å²) in [5.74, 6) is 0.675. The smallest absolute Gasteiger partial charge is 0.491 e. The Balaban J connectivity index is 1.94. The second kappa shape index (κ2) is 9.41. The molecule has 0 aliphatic carbocycles. The van der Waals surface area contributed by atoms with Crippen molar-refractivity contribution in [2.24, 2.45) is 0 Å². The fourth-order valence-electron chi connectivity index (χ4n) is 2.63. The molecule has 1 saturated heterocycles. The minimum Gasteiger partial charge on any atom is -0.491 e. The van der Waals surface area contributed by atoms with Crippen LogP contribution < -0.4 is 9.47 Å². The average Bonchev–Trinajstić information content (AvgIpc) is 2.90. The first kappa shape index (κ1) is 22.9. The average molecular weight is 466 g/mol. The quantitative estimate of drug-likeness (QED) is 0.465. The fourth-order valence-corrected chi connectivity index (χ4v) is 4.86. The van der Waals surface area contributed by atoms with Gasteiger partial charge in [0.25, 0.3) is 0 Å². The lowest BCUT2D eigenvalue weighted by molar-refractivity contribution is -0.0945. The summed E-state index contributed by atoms with van der Waals surface area (Å²) in [7, 11) is -8.68. The van der Waals surface area contributed by atoms with E-state index in [2.05, 4.69) is 4.31 Å². The summed E-state index contributed by atoms with van der Waals surface area (Å²) in [6, 6.07) is 2.75. The van der Waals surface area contributed by atoms with Crippen molar-refractivity contribution in [2.45, 2.75) is 25.3 Å². The molecule has 1 aliphatic rings. The minimum atomic E-state index is -5.17. The monoisotopic (exact) mass is 465 g/mol. The second-order valence-corrected chi connectivity index (χ2v) is 9.19. The minimum absolute atomic E-state index is 0.187. The third-order valence-corrected chi connectivity index (χ3v) is 6.22. The first-order valence-electron chi connectivity index (χ1n) is 7.72. The molecule has 0 bridgehead atoms. The molecule has 3 N–H and O–H groups in total. The van der Waals surface area contributed by atoms with Crippen molar-refractivity contribution in [3.05, 3.63) is 22.2 Å². The number of nitrogens with zero attached hydrogens (tertiary/aromatic N) is 1. The van der Waals surface area contributed by atoms with Crippen molar-refractivity contribution in [2.75, 3.05) is 20.3 Å². The van der Waals surface area contributed by atoms with E-state index < -0.39 is 15.6 Å². The molecule has 27 heavy (non-hydrogen) atoms. The standard InChI is InChI=1S/C13H19Cl2NO9P2/c1-22-13-11(15)7-9(14)8-12(13)23-6-4-10-3-2-5-16(10)24-27(20,21)25-26(17,18)19/h7-8,10H,2-6H2,1H3,(H,20,21)(H2,17,18,19). The van der Waals surface area contributed by atoms with Crippen molar-refractivity contribution in [3.8, 4) is 11.5 Å². The van der Waals surface area contributed by atoms with Crippen LogP contribution in [0.15, 0.2) is 12.1 Å². The number of benzene rings is 1. The van der Waals surface area contributed by atoms with Gasteiger partial charge in [0.1, 0.15) is 0 Å². The van der Waals surface area contributed by atoms with Crippen molar-refractivity contribution >= 4 is 38.8 Å².